The van der Waals surface area contributed by atoms with Gasteiger partial charge < -0.3 is 10.3 Å². The normalized spacial score (nSPS) is 12.1. The molecule has 33 heavy (non-hydrogen) atoms. The van der Waals surface area contributed by atoms with Gasteiger partial charge in [0, 0.05) is 23.5 Å². The van der Waals surface area contributed by atoms with E-state index < -0.39 is 21.4 Å². The molecule has 11 heteroatoms. The van der Waals surface area contributed by atoms with Crippen LogP contribution in [0.4, 0.5) is 15.9 Å². The molecule has 0 fully saturated rings. The number of aromatic nitrogens is 2. The van der Waals surface area contributed by atoms with Crippen molar-refractivity contribution in [3.05, 3.63) is 68.8 Å². The van der Waals surface area contributed by atoms with Gasteiger partial charge in [-0.25, -0.2) is 22.5 Å². The van der Waals surface area contributed by atoms with E-state index in [0.29, 0.717) is 16.3 Å². The quantitative estimate of drug-likeness (QED) is 0.310. The molecule has 2 aromatic carbocycles. The van der Waals surface area contributed by atoms with Crippen molar-refractivity contribution in [1.29, 1.82) is 0 Å². The molecule has 0 saturated heterocycles. The molecule has 4 rings (SSSR count). The number of aromatic amines is 1. The molecule has 0 aliphatic heterocycles. The van der Waals surface area contributed by atoms with Gasteiger partial charge in [0.15, 0.2) is 0 Å². The summed E-state index contributed by atoms with van der Waals surface area (Å²) in [5, 5.41) is 4.12. The van der Waals surface area contributed by atoms with Crippen LogP contribution >= 0.6 is 23.2 Å². The van der Waals surface area contributed by atoms with Gasteiger partial charge in [0.25, 0.3) is 5.56 Å². The predicted octanol–water partition coefficient (Wildman–Crippen LogP) is 5.20. The summed E-state index contributed by atoms with van der Waals surface area (Å²) in [4.78, 5) is 19.6. The van der Waals surface area contributed by atoms with E-state index in [1.54, 1.807) is 6.07 Å². The number of nitrogens with one attached hydrogen (secondary N) is 3. The Balaban J connectivity index is 1.83. The van der Waals surface area contributed by atoms with Gasteiger partial charge in [0.1, 0.15) is 11.6 Å². The van der Waals surface area contributed by atoms with Crippen molar-refractivity contribution in [1.82, 2.24) is 14.7 Å². The van der Waals surface area contributed by atoms with Crippen LogP contribution in [0.2, 0.25) is 10.0 Å². The van der Waals surface area contributed by atoms with Crippen LogP contribution in [-0.2, 0) is 10.0 Å². The fourth-order valence-electron chi connectivity index (χ4n) is 3.33. The van der Waals surface area contributed by atoms with E-state index in [1.807, 2.05) is 13.8 Å². The van der Waals surface area contributed by atoms with E-state index in [-0.39, 0.29) is 44.3 Å². The van der Waals surface area contributed by atoms with Crippen molar-refractivity contribution in [2.45, 2.75) is 18.7 Å². The van der Waals surface area contributed by atoms with Gasteiger partial charge in [-0.3, -0.25) is 4.79 Å². The van der Waals surface area contributed by atoms with Crippen LogP contribution < -0.4 is 15.6 Å². The molecule has 0 spiro atoms. The Hall–Kier alpha value is -2.72. The van der Waals surface area contributed by atoms with Crippen molar-refractivity contribution in [2.75, 3.05) is 11.9 Å². The first-order valence-electron chi connectivity index (χ1n) is 9.93. The average Bonchev–Trinajstić information content (AvgIpc) is 2.75. The van der Waals surface area contributed by atoms with Gasteiger partial charge in [-0.15, -0.1) is 0 Å². The second kappa shape index (κ2) is 8.90. The van der Waals surface area contributed by atoms with Crippen molar-refractivity contribution in [2.24, 2.45) is 5.92 Å². The Bertz CT molecular complexity index is 1530. The number of pyridine rings is 2. The van der Waals surface area contributed by atoms with Gasteiger partial charge in [-0.05, 0) is 42.3 Å². The van der Waals surface area contributed by atoms with Gasteiger partial charge in [0.2, 0.25) is 10.0 Å². The Labute approximate surface area is 199 Å². The number of hydrogen-bond donors (Lipinski definition) is 3. The lowest BCUT2D eigenvalue weighted by molar-refractivity contribution is 0.560. The van der Waals surface area contributed by atoms with Crippen LogP contribution in [0.1, 0.15) is 13.8 Å². The average molecular weight is 509 g/mol. The van der Waals surface area contributed by atoms with Crippen LogP contribution in [0.25, 0.3) is 21.7 Å². The number of nitrogens with zero attached hydrogens (tertiary/aromatic N) is 1. The fraction of sp³-hybridized carbons (Fsp3) is 0.182. The zero-order chi connectivity index (χ0) is 23.9. The number of halogens is 3. The summed E-state index contributed by atoms with van der Waals surface area (Å²) in [5.41, 5.74) is 0.188. The molecule has 0 aliphatic carbocycles. The van der Waals surface area contributed by atoms with E-state index in [2.05, 4.69) is 20.0 Å². The lowest BCUT2D eigenvalue weighted by Crippen LogP contribution is -2.27. The minimum Gasteiger partial charge on any atom is -0.337 e. The fourth-order valence-corrected chi connectivity index (χ4v) is 5.30. The summed E-state index contributed by atoms with van der Waals surface area (Å²) in [6.45, 7) is 4.03. The highest BCUT2D eigenvalue weighted by atomic mass is 35.5. The lowest BCUT2D eigenvalue weighted by Gasteiger charge is -2.15. The highest BCUT2D eigenvalue weighted by Crippen LogP contribution is 2.37. The van der Waals surface area contributed by atoms with Crippen molar-refractivity contribution < 1.29 is 12.8 Å². The van der Waals surface area contributed by atoms with Crippen LogP contribution in [0.3, 0.4) is 0 Å². The maximum absolute atomic E-state index is 13.8. The van der Waals surface area contributed by atoms with Gasteiger partial charge in [-0.1, -0.05) is 37.0 Å². The minimum absolute atomic E-state index is 0.0476. The Morgan fingerprint density at radius 1 is 1.09 bits per heavy atom. The topological polar surface area (TPSA) is 104 Å². The molecular formula is C22H19Cl2FN4O3S. The molecule has 3 N–H and O–H groups in total. The van der Waals surface area contributed by atoms with E-state index in [4.69, 9.17) is 23.2 Å². The van der Waals surface area contributed by atoms with E-state index in [1.165, 1.54) is 36.5 Å². The van der Waals surface area contributed by atoms with Crippen LogP contribution in [0.5, 0.6) is 0 Å². The zero-order valence-electron chi connectivity index (χ0n) is 17.5. The summed E-state index contributed by atoms with van der Waals surface area (Å²) >= 11 is 12.8. The number of fused-ring (bicyclic) bond motifs is 3. The molecule has 7 nitrogen and oxygen atoms in total. The molecule has 2 aromatic heterocycles. The van der Waals surface area contributed by atoms with Gasteiger partial charge in [0.05, 0.1) is 31.5 Å². The van der Waals surface area contributed by atoms with Crippen molar-refractivity contribution in [3.63, 3.8) is 0 Å². The number of rotatable bonds is 6. The van der Waals surface area contributed by atoms with Crippen LogP contribution in [0, 0.1) is 11.7 Å². The molecule has 0 saturated carbocycles. The number of sulfonamides is 1. The Morgan fingerprint density at radius 2 is 1.79 bits per heavy atom. The smallest absolute Gasteiger partial charge is 0.256 e. The van der Waals surface area contributed by atoms with Crippen molar-refractivity contribution >= 4 is 66.4 Å². The van der Waals surface area contributed by atoms with Gasteiger partial charge in [-0.2, -0.15) is 0 Å². The zero-order valence-corrected chi connectivity index (χ0v) is 19.9. The van der Waals surface area contributed by atoms with E-state index >= 15 is 0 Å². The maximum atomic E-state index is 13.8. The van der Waals surface area contributed by atoms with Crippen LogP contribution in [-0.4, -0.2) is 24.9 Å². The van der Waals surface area contributed by atoms with Gasteiger partial charge >= 0.3 is 0 Å². The third kappa shape index (κ3) is 4.67. The molecule has 0 amide bonds. The SMILES string of the molecule is CC(C)CNS(=O)(=O)c1cc(Cl)c(Nc2nc3ccc(F)cc3c3c(=O)[nH]ccc23)c(Cl)c1. The van der Waals surface area contributed by atoms with E-state index in [9.17, 15) is 17.6 Å². The molecule has 2 heterocycles. The highest BCUT2D eigenvalue weighted by Gasteiger charge is 2.20. The standard InChI is InChI=1S/C22H19Cl2FN4O3S/c1-11(2)10-27-33(31,32)13-8-16(23)20(17(24)9-13)29-21-14-5-6-26-22(30)19(14)15-7-12(25)3-4-18(15)28-21/h3-9,11,27H,10H2,1-2H3,(H,26,30)(H,28,29). The summed E-state index contributed by atoms with van der Waals surface area (Å²) in [5.74, 6) is -0.119. The number of hydrogen-bond acceptors (Lipinski definition) is 5. The second-order valence-corrected chi connectivity index (χ2v) is 10.4. The first-order valence-corrected chi connectivity index (χ1v) is 12.2. The third-order valence-electron chi connectivity index (χ3n) is 4.93. The summed E-state index contributed by atoms with van der Waals surface area (Å²) in [6, 6.07) is 8.13. The molecule has 0 radical (unpaired) electrons. The Kier molecular flexibility index (Phi) is 6.32. The molecular weight excluding hydrogens is 490 g/mol. The molecule has 0 bridgehead atoms. The number of benzene rings is 2. The molecule has 0 aliphatic rings. The molecule has 0 atom stereocenters. The lowest BCUT2D eigenvalue weighted by atomic mass is 10.1. The first-order chi connectivity index (χ1) is 15.6. The second-order valence-electron chi connectivity index (χ2n) is 7.85. The summed E-state index contributed by atoms with van der Waals surface area (Å²) in [6.07, 6.45) is 1.45. The molecule has 172 valence electrons. The summed E-state index contributed by atoms with van der Waals surface area (Å²) in [7, 11) is -3.81. The number of H-pyrrole nitrogens is 1. The van der Waals surface area contributed by atoms with Crippen LogP contribution in [0.15, 0.2) is 52.3 Å². The Morgan fingerprint density at radius 3 is 2.45 bits per heavy atom. The highest BCUT2D eigenvalue weighted by molar-refractivity contribution is 7.89. The molecule has 0 unspecified atom stereocenters. The third-order valence-corrected chi connectivity index (χ3v) is 6.93. The monoisotopic (exact) mass is 508 g/mol. The maximum Gasteiger partial charge on any atom is 0.256 e. The van der Waals surface area contributed by atoms with E-state index in [0.717, 1.165) is 0 Å². The largest absolute Gasteiger partial charge is 0.337 e. The summed E-state index contributed by atoms with van der Waals surface area (Å²) < 4.78 is 41.5. The first kappa shape index (κ1) is 23.4. The minimum atomic E-state index is -3.81. The number of anilines is 2. The predicted molar refractivity (Wildman–Crippen MR) is 130 cm³/mol. The van der Waals surface area contributed by atoms with Crippen molar-refractivity contribution in [3.8, 4) is 0 Å². The molecule has 4 aromatic rings.